The fourth-order valence-electron chi connectivity index (χ4n) is 1.28. The molecule has 0 N–H and O–H groups in total. The van der Waals surface area contributed by atoms with Crippen molar-refractivity contribution in [2.75, 3.05) is 13.2 Å². The van der Waals surface area contributed by atoms with Crippen LogP contribution in [0.3, 0.4) is 0 Å². The summed E-state index contributed by atoms with van der Waals surface area (Å²) in [6, 6.07) is 6.94. The van der Waals surface area contributed by atoms with E-state index >= 15 is 0 Å². The molecule has 0 fully saturated rings. The predicted octanol–water partition coefficient (Wildman–Crippen LogP) is 2.19. The molecular formula is C11H18NO2Si. The molecule has 0 amide bonds. The summed E-state index contributed by atoms with van der Waals surface area (Å²) < 4.78 is 11.1. The van der Waals surface area contributed by atoms with Crippen LogP contribution in [0.25, 0.3) is 0 Å². The zero-order valence-electron chi connectivity index (χ0n) is 9.40. The average molecular weight is 224 g/mol. The molecule has 1 rings (SSSR count). The van der Waals surface area contributed by atoms with Gasteiger partial charge in [0, 0.05) is 25.1 Å². The largest absolute Gasteiger partial charge is 0.394 e. The summed E-state index contributed by atoms with van der Waals surface area (Å²) in [7, 11) is -1.08. The number of hydrogen-bond donors (Lipinski definition) is 0. The van der Waals surface area contributed by atoms with Crippen LogP contribution in [0.2, 0.25) is 6.04 Å². The Labute approximate surface area is 93.3 Å². The van der Waals surface area contributed by atoms with Crippen LogP contribution >= 0.6 is 0 Å². The van der Waals surface area contributed by atoms with Crippen LogP contribution in [0.1, 0.15) is 19.5 Å². The summed E-state index contributed by atoms with van der Waals surface area (Å²) in [6.07, 6.45) is 2.76. The maximum atomic E-state index is 5.56. The van der Waals surface area contributed by atoms with Crippen molar-refractivity contribution in [1.29, 1.82) is 0 Å². The van der Waals surface area contributed by atoms with Crippen molar-refractivity contribution in [3.8, 4) is 0 Å². The third-order valence-electron chi connectivity index (χ3n) is 1.92. The van der Waals surface area contributed by atoms with E-state index in [0.717, 1.165) is 31.4 Å². The highest BCUT2D eigenvalue weighted by Crippen LogP contribution is 2.04. The summed E-state index contributed by atoms with van der Waals surface area (Å²) in [6.45, 7) is 5.47. The minimum atomic E-state index is -1.08. The van der Waals surface area contributed by atoms with E-state index in [4.69, 9.17) is 8.85 Å². The molecule has 0 aliphatic heterocycles. The summed E-state index contributed by atoms with van der Waals surface area (Å²) in [4.78, 5) is 4.28. The normalized spacial score (nSPS) is 10.9. The summed E-state index contributed by atoms with van der Waals surface area (Å²) >= 11 is 0. The Morgan fingerprint density at radius 1 is 1.20 bits per heavy atom. The molecule has 1 heterocycles. The molecule has 3 nitrogen and oxygen atoms in total. The Morgan fingerprint density at radius 2 is 1.93 bits per heavy atom. The van der Waals surface area contributed by atoms with Crippen molar-refractivity contribution in [2.45, 2.75) is 26.3 Å². The fraction of sp³-hybridized carbons (Fsp3) is 0.545. The summed E-state index contributed by atoms with van der Waals surface area (Å²) in [5, 5.41) is 0. The molecule has 1 aromatic rings. The number of nitrogens with zero attached hydrogens (tertiary/aromatic N) is 1. The SMILES string of the molecule is CCO[Si](CCc1ccccn1)OCC. The molecule has 15 heavy (non-hydrogen) atoms. The van der Waals surface area contributed by atoms with Crippen LogP contribution < -0.4 is 0 Å². The zero-order valence-corrected chi connectivity index (χ0v) is 10.4. The van der Waals surface area contributed by atoms with E-state index in [2.05, 4.69) is 4.98 Å². The highest BCUT2D eigenvalue weighted by atomic mass is 28.3. The molecular weight excluding hydrogens is 206 g/mol. The Bertz CT molecular complexity index is 250. The standard InChI is InChI=1S/C11H18NO2Si/c1-3-13-15(14-4-2)10-8-11-7-5-6-9-12-11/h5-7,9H,3-4,8,10H2,1-2H3. The van der Waals surface area contributed by atoms with Gasteiger partial charge in [0.2, 0.25) is 0 Å². The van der Waals surface area contributed by atoms with Crippen molar-refractivity contribution in [3.05, 3.63) is 30.1 Å². The van der Waals surface area contributed by atoms with Gasteiger partial charge in [-0.2, -0.15) is 0 Å². The number of aromatic nitrogens is 1. The Kier molecular flexibility index (Phi) is 6.23. The van der Waals surface area contributed by atoms with Crippen molar-refractivity contribution in [1.82, 2.24) is 4.98 Å². The van der Waals surface area contributed by atoms with E-state index < -0.39 is 9.28 Å². The number of pyridine rings is 1. The first-order chi connectivity index (χ1) is 7.36. The van der Waals surface area contributed by atoms with Gasteiger partial charge in [0.25, 0.3) is 0 Å². The first-order valence-corrected chi connectivity index (χ1v) is 6.90. The number of aryl methyl sites for hydroxylation is 1. The molecule has 0 bridgehead atoms. The minimum Gasteiger partial charge on any atom is -0.394 e. The van der Waals surface area contributed by atoms with Crippen molar-refractivity contribution >= 4 is 9.28 Å². The van der Waals surface area contributed by atoms with Gasteiger partial charge in [-0.05, 0) is 38.4 Å². The van der Waals surface area contributed by atoms with Gasteiger partial charge >= 0.3 is 9.28 Å². The molecule has 0 saturated carbocycles. The molecule has 1 radical (unpaired) electrons. The molecule has 0 aromatic carbocycles. The molecule has 0 atom stereocenters. The zero-order chi connectivity index (χ0) is 10.9. The van der Waals surface area contributed by atoms with Crippen LogP contribution in [0.15, 0.2) is 24.4 Å². The van der Waals surface area contributed by atoms with E-state index in [-0.39, 0.29) is 0 Å². The van der Waals surface area contributed by atoms with E-state index in [1.54, 1.807) is 0 Å². The van der Waals surface area contributed by atoms with Gasteiger partial charge in [0.15, 0.2) is 0 Å². The molecule has 83 valence electrons. The first-order valence-electron chi connectivity index (χ1n) is 5.38. The quantitative estimate of drug-likeness (QED) is 0.665. The molecule has 0 unspecified atom stereocenters. The van der Waals surface area contributed by atoms with Gasteiger partial charge in [-0.15, -0.1) is 0 Å². The van der Waals surface area contributed by atoms with Gasteiger partial charge < -0.3 is 8.85 Å². The third-order valence-corrected chi connectivity index (χ3v) is 3.80. The Hall–Kier alpha value is -0.713. The second-order valence-electron chi connectivity index (χ2n) is 3.06. The lowest BCUT2D eigenvalue weighted by Crippen LogP contribution is -2.23. The molecule has 1 aromatic heterocycles. The van der Waals surface area contributed by atoms with Crippen molar-refractivity contribution in [3.63, 3.8) is 0 Å². The predicted molar refractivity (Wildman–Crippen MR) is 61.8 cm³/mol. The Balaban J connectivity index is 2.33. The topological polar surface area (TPSA) is 31.4 Å². The van der Waals surface area contributed by atoms with Gasteiger partial charge in [0.05, 0.1) is 0 Å². The highest BCUT2D eigenvalue weighted by Gasteiger charge is 2.14. The van der Waals surface area contributed by atoms with E-state index in [0.29, 0.717) is 0 Å². The molecule has 0 aliphatic carbocycles. The smallest absolute Gasteiger partial charge is 0.384 e. The van der Waals surface area contributed by atoms with Crippen LogP contribution in [0, 0.1) is 0 Å². The van der Waals surface area contributed by atoms with Crippen LogP contribution in [0.5, 0.6) is 0 Å². The lowest BCUT2D eigenvalue weighted by Gasteiger charge is -2.12. The third kappa shape index (κ3) is 5.06. The lowest BCUT2D eigenvalue weighted by atomic mass is 10.3. The lowest BCUT2D eigenvalue weighted by molar-refractivity contribution is 0.213. The van der Waals surface area contributed by atoms with Crippen LogP contribution in [-0.4, -0.2) is 27.5 Å². The summed E-state index contributed by atoms with van der Waals surface area (Å²) in [5.41, 5.74) is 1.11. The number of hydrogen-bond acceptors (Lipinski definition) is 3. The van der Waals surface area contributed by atoms with Gasteiger partial charge in [-0.25, -0.2) is 0 Å². The van der Waals surface area contributed by atoms with Crippen LogP contribution in [-0.2, 0) is 15.3 Å². The molecule has 4 heteroatoms. The molecule has 0 aliphatic rings. The van der Waals surface area contributed by atoms with Gasteiger partial charge in [0.1, 0.15) is 0 Å². The maximum Gasteiger partial charge on any atom is 0.384 e. The van der Waals surface area contributed by atoms with E-state index in [1.165, 1.54) is 0 Å². The maximum absolute atomic E-state index is 5.56. The second kappa shape index (κ2) is 7.56. The fourth-order valence-corrected chi connectivity index (χ4v) is 2.76. The monoisotopic (exact) mass is 224 g/mol. The van der Waals surface area contributed by atoms with E-state index in [1.807, 2.05) is 38.2 Å². The minimum absolute atomic E-state index is 0.733. The van der Waals surface area contributed by atoms with Crippen molar-refractivity contribution < 1.29 is 8.85 Å². The second-order valence-corrected chi connectivity index (χ2v) is 4.88. The Morgan fingerprint density at radius 3 is 2.47 bits per heavy atom. The van der Waals surface area contributed by atoms with Gasteiger partial charge in [-0.3, -0.25) is 4.98 Å². The highest BCUT2D eigenvalue weighted by molar-refractivity contribution is 6.44. The number of rotatable bonds is 7. The summed E-state index contributed by atoms with van der Waals surface area (Å²) in [5.74, 6) is 0. The van der Waals surface area contributed by atoms with Crippen molar-refractivity contribution in [2.24, 2.45) is 0 Å². The van der Waals surface area contributed by atoms with Crippen LogP contribution in [0.4, 0.5) is 0 Å². The average Bonchev–Trinajstić information content (AvgIpc) is 2.28. The first kappa shape index (κ1) is 12.4. The van der Waals surface area contributed by atoms with Gasteiger partial charge in [-0.1, -0.05) is 6.07 Å². The van der Waals surface area contributed by atoms with E-state index in [9.17, 15) is 0 Å². The molecule has 0 spiro atoms. The molecule has 0 saturated heterocycles.